The van der Waals surface area contributed by atoms with Gasteiger partial charge in [0.2, 0.25) is 5.13 Å². The third-order valence-corrected chi connectivity index (χ3v) is 5.81. The largest absolute Gasteiger partial charge is 0.496 e. The van der Waals surface area contributed by atoms with E-state index in [1.165, 1.54) is 34.2 Å². The van der Waals surface area contributed by atoms with Gasteiger partial charge < -0.3 is 4.74 Å². The van der Waals surface area contributed by atoms with E-state index in [9.17, 15) is 14.4 Å². The van der Waals surface area contributed by atoms with Crippen molar-refractivity contribution in [2.45, 2.75) is 12.5 Å². The molecule has 12 heteroatoms. The number of urea groups is 1. The van der Waals surface area contributed by atoms with Gasteiger partial charge in [-0.25, -0.2) is 9.37 Å². The second-order valence-corrected chi connectivity index (χ2v) is 8.02. The number of fused-ring (bicyclic) bond motifs is 1. The van der Waals surface area contributed by atoms with E-state index < -0.39 is 18.0 Å². The van der Waals surface area contributed by atoms with Crippen LogP contribution in [0.15, 0.2) is 29.3 Å². The number of amides is 4. The van der Waals surface area contributed by atoms with Crippen LogP contribution in [0.1, 0.15) is 10.6 Å². The number of para-hydroxylation sites is 1. The lowest BCUT2D eigenvalue weighted by molar-refractivity contribution is -0.519. The number of benzene rings is 1. The number of nitrogens with one attached hydrogen (secondary N) is 1. The van der Waals surface area contributed by atoms with E-state index in [2.05, 4.69) is 20.5 Å². The van der Waals surface area contributed by atoms with Crippen LogP contribution in [-0.4, -0.2) is 88.4 Å². The average Bonchev–Trinajstić information content (AvgIpc) is 3.38. The highest BCUT2D eigenvalue weighted by Crippen LogP contribution is 2.24. The Morgan fingerprint density at radius 3 is 2.77 bits per heavy atom. The smallest absolute Gasteiger partial charge is 0.333 e. The van der Waals surface area contributed by atoms with Crippen molar-refractivity contribution in [3.63, 3.8) is 0 Å². The predicted molar refractivity (Wildman–Crippen MR) is 113 cm³/mol. The van der Waals surface area contributed by atoms with Crippen molar-refractivity contribution in [3.05, 3.63) is 34.8 Å². The summed E-state index contributed by atoms with van der Waals surface area (Å²) in [6.45, 7) is -0.124. The van der Waals surface area contributed by atoms with Crippen molar-refractivity contribution in [3.8, 4) is 5.75 Å². The van der Waals surface area contributed by atoms with Crippen molar-refractivity contribution in [2.75, 3.05) is 33.1 Å². The van der Waals surface area contributed by atoms with Crippen molar-refractivity contribution >= 4 is 46.5 Å². The molecule has 4 rings (SSSR count). The molecule has 0 saturated carbocycles. The number of amidine groups is 1. The number of hydrogen-bond acceptors (Lipinski definition) is 8. The average molecular weight is 442 g/mol. The molecule has 1 aromatic heterocycles. The number of carbonyl (C=O) groups is 3. The van der Waals surface area contributed by atoms with E-state index in [0.717, 1.165) is 21.2 Å². The first-order chi connectivity index (χ1) is 14.9. The van der Waals surface area contributed by atoms with Gasteiger partial charge in [0, 0.05) is 26.1 Å². The van der Waals surface area contributed by atoms with Crippen LogP contribution in [0.3, 0.4) is 0 Å². The molecule has 0 radical (unpaired) electrons. The van der Waals surface area contributed by atoms with Gasteiger partial charge in [0.25, 0.3) is 30.0 Å². The van der Waals surface area contributed by atoms with E-state index in [-0.39, 0.29) is 12.5 Å². The van der Waals surface area contributed by atoms with Crippen molar-refractivity contribution < 1.29 is 23.7 Å². The van der Waals surface area contributed by atoms with Crippen LogP contribution in [0.4, 0.5) is 9.93 Å². The third-order valence-electron chi connectivity index (χ3n) is 4.97. The molecule has 1 aromatic carbocycles. The molecule has 2 aromatic rings. The topological polar surface area (TPSA) is 120 Å². The highest BCUT2D eigenvalue weighted by atomic mass is 32.1. The standard InChI is InChI=1S/C19H19N7O4S/c1-24-16-15(17(28)25(2)19(24)29)26(10-20-16)9-13(27)21-18-23-22-14(31-18)8-11-6-4-5-7-12(11)30-3/h4-7,10,15H,8-9H2,1-3H3/p+1. The molecule has 0 aliphatic carbocycles. The van der Waals surface area contributed by atoms with E-state index in [1.807, 2.05) is 24.3 Å². The summed E-state index contributed by atoms with van der Waals surface area (Å²) in [5.74, 6) is 0.256. The second kappa shape index (κ2) is 8.22. The number of imide groups is 1. The summed E-state index contributed by atoms with van der Waals surface area (Å²) in [7, 11) is 4.55. The molecule has 11 nitrogen and oxygen atoms in total. The van der Waals surface area contributed by atoms with Crippen LogP contribution in [0.5, 0.6) is 5.75 Å². The van der Waals surface area contributed by atoms with Gasteiger partial charge in [0.1, 0.15) is 10.8 Å². The van der Waals surface area contributed by atoms with Gasteiger partial charge in [-0.15, -0.1) is 10.2 Å². The normalized spacial score (nSPS) is 18.0. The van der Waals surface area contributed by atoms with Crippen LogP contribution in [0.25, 0.3) is 0 Å². The molecule has 4 amide bonds. The van der Waals surface area contributed by atoms with Gasteiger partial charge >= 0.3 is 6.03 Å². The van der Waals surface area contributed by atoms with Gasteiger partial charge in [-0.3, -0.25) is 24.7 Å². The maximum absolute atomic E-state index is 12.5. The number of nitrogens with zero attached hydrogens (tertiary/aromatic N) is 6. The Hall–Kier alpha value is -3.67. The number of aliphatic imine (C=N–C) groups is 1. The lowest BCUT2D eigenvalue weighted by Crippen LogP contribution is -2.61. The Morgan fingerprint density at radius 1 is 1.23 bits per heavy atom. The first-order valence-electron chi connectivity index (χ1n) is 9.35. The summed E-state index contributed by atoms with van der Waals surface area (Å²) < 4.78 is 6.84. The van der Waals surface area contributed by atoms with Gasteiger partial charge in [-0.2, -0.15) is 0 Å². The molecular weight excluding hydrogens is 422 g/mol. The van der Waals surface area contributed by atoms with E-state index in [4.69, 9.17) is 4.74 Å². The van der Waals surface area contributed by atoms with Gasteiger partial charge in [-0.05, 0) is 11.1 Å². The number of methoxy groups -OCH3 is 1. The maximum atomic E-state index is 12.5. The molecule has 2 aliphatic heterocycles. The summed E-state index contributed by atoms with van der Waals surface area (Å²) >= 11 is 1.26. The van der Waals surface area contributed by atoms with Crippen molar-refractivity contribution in [2.24, 2.45) is 4.99 Å². The lowest BCUT2D eigenvalue weighted by Gasteiger charge is -2.30. The lowest BCUT2D eigenvalue weighted by atomic mass is 10.1. The fourth-order valence-electron chi connectivity index (χ4n) is 3.39. The van der Waals surface area contributed by atoms with E-state index >= 15 is 0 Å². The van der Waals surface area contributed by atoms with E-state index in [1.54, 1.807) is 14.2 Å². The number of anilines is 1. The number of aromatic nitrogens is 2. The minimum atomic E-state index is -0.811. The molecule has 1 atom stereocenters. The van der Waals surface area contributed by atoms with E-state index in [0.29, 0.717) is 17.4 Å². The number of carbonyl (C=O) groups excluding carboxylic acids is 3. The number of rotatable bonds is 6. The number of hydrogen-bond donors (Lipinski definition) is 1. The summed E-state index contributed by atoms with van der Waals surface area (Å²) in [6, 6.07) is 6.35. The minimum Gasteiger partial charge on any atom is -0.496 e. The number of ether oxygens (including phenoxy) is 1. The highest BCUT2D eigenvalue weighted by Gasteiger charge is 2.50. The zero-order valence-corrected chi connectivity index (χ0v) is 17.9. The van der Waals surface area contributed by atoms with Gasteiger partial charge in [0.05, 0.1) is 7.11 Å². The summed E-state index contributed by atoms with van der Waals surface area (Å²) in [5, 5.41) is 11.9. The van der Waals surface area contributed by atoms with Crippen LogP contribution in [0, 0.1) is 0 Å². The molecule has 31 heavy (non-hydrogen) atoms. The first kappa shape index (κ1) is 20.6. The number of likely N-dealkylation sites (N-methyl/N-ethyl adjacent to an activating group) is 2. The van der Waals surface area contributed by atoms with Crippen LogP contribution < -0.4 is 10.1 Å². The first-order valence-corrected chi connectivity index (χ1v) is 10.2. The Balaban J connectivity index is 1.39. The molecular formula is C19H20N7O4S+. The zero-order valence-electron chi connectivity index (χ0n) is 17.1. The fraction of sp³-hybridized carbons (Fsp3) is 0.316. The molecule has 2 aliphatic rings. The molecule has 1 saturated heterocycles. The maximum Gasteiger partial charge on any atom is 0.333 e. The molecule has 3 heterocycles. The van der Waals surface area contributed by atoms with Crippen LogP contribution >= 0.6 is 11.3 Å². The van der Waals surface area contributed by atoms with Crippen LogP contribution in [-0.2, 0) is 16.0 Å². The van der Waals surface area contributed by atoms with Gasteiger partial charge in [-0.1, -0.05) is 29.5 Å². The Kier molecular flexibility index (Phi) is 5.46. The summed E-state index contributed by atoms with van der Waals surface area (Å²) in [5.41, 5.74) is 0.967. The van der Waals surface area contributed by atoms with Crippen molar-refractivity contribution in [1.82, 2.24) is 20.0 Å². The zero-order chi connectivity index (χ0) is 22.1. The Bertz CT molecular complexity index is 1130. The summed E-state index contributed by atoms with van der Waals surface area (Å²) in [4.78, 5) is 43.5. The van der Waals surface area contributed by atoms with Gasteiger partial charge in [0.15, 0.2) is 6.54 Å². The Labute approximate surface area is 181 Å². The molecule has 1 fully saturated rings. The second-order valence-electron chi connectivity index (χ2n) is 6.95. The summed E-state index contributed by atoms with van der Waals surface area (Å²) in [6.07, 6.45) is 1.92. The minimum absolute atomic E-state index is 0.124. The third kappa shape index (κ3) is 3.89. The fourth-order valence-corrected chi connectivity index (χ4v) is 4.17. The quantitative estimate of drug-likeness (QED) is 0.648. The molecule has 1 unspecified atom stereocenters. The predicted octanol–water partition coefficient (Wildman–Crippen LogP) is 0.421. The SMILES string of the molecule is COc1ccccc1Cc1nnc(NC(=O)C[N+]2=CN=C3C2C(=O)N(C)C(=O)N3C)s1. The Morgan fingerprint density at radius 2 is 2.00 bits per heavy atom. The molecule has 1 N–H and O–H groups in total. The molecule has 0 bridgehead atoms. The highest BCUT2D eigenvalue weighted by molar-refractivity contribution is 7.15. The van der Waals surface area contributed by atoms with Crippen molar-refractivity contribution in [1.29, 1.82) is 0 Å². The monoisotopic (exact) mass is 442 g/mol. The molecule has 0 spiro atoms. The molecule has 160 valence electrons. The van der Waals surface area contributed by atoms with Crippen LogP contribution in [0.2, 0.25) is 0 Å².